The maximum atomic E-state index is 11.9. The average Bonchev–Trinajstić information content (AvgIpc) is 3.07. The molecule has 0 bridgehead atoms. The normalized spacial score (nSPS) is 24.3. The van der Waals surface area contributed by atoms with Crippen molar-refractivity contribution in [3.63, 3.8) is 0 Å². The van der Waals surface area contributed by atoms with E-state index in [1.54, 1.807) is 0 Å². The SMILES string of the molecule is CC[C@H]1C[C@@](C)(c2csc(Nc3ccccc3Cl)n2)OC1=O. The second kappa shape index (κ2) is 5.89. The lowest BCUT2D eigenvalue weighted by atomic mass is 9.92. The molecule has 0 radical (unpaired) electrons. The third kappa shape index (κ3) is 2.83. The molecule has 2 heterocycles. The predicted molar refractivity (Wildman–Crippen MR) is 88.7 cm³/mol. The zero-order valence-corrected chi connectivity index (χ0v) is 14.0. The molecule has 2 aromatic rings. The minimum Gasteiger partial charge on any atom is -0.453 e. The summed E-state index contributed by atoms with van der Waals surface area (Å²) in [4.78, 5) is 16.4. The van der Waals surface area contributed by atoms with Gasteiger partial charge in [0.05, 0.1) is 22.3 Å². The van der Waals surface area contributed by atoms with Crippen LogP contribution in [0.4, 0.5) is 10.8 Å². The molecule has 0 amide bonds. The number of rotatable bonds is 4. The highest BCUT2D eigenvalue weighted by Gasteiger charge is 2.45. The van der Waals surface area contributed by atoms with Gasteiger partial charge in [-0.1, -0.05) is 30.7 Å². The van der Waals surface area contributed by atoms with Gasteiger partial charge in [0.1, 0.15) is 0 Å². The van der Waals surface area contributed by atoms with Gasteiger partial charge in [0.15, 0.2) is 10.7 Å². The molecule has 4 nitrogen and oxygen atoms in total. The van der Waals surface area contributed by atoms with Crippen molar-refractivity contribution in [2.75, 3.05) is 5.32 Å². The molecule has 1 fully saturated rings. The number of anilines is 2. The molecule has 2 atom stereocenters. The highest BCUT2D eigenvalue weighted by Crippen LogP contribution is 2.41. The summed E-state index contributed by atoms with van der Waals surface area (Å²) in [5.41, 5.74) is 0.968. The summed E-state index contributed by atoms with van der Waals surface area (Å²) in [6.45, 7) is 3.93. The highest BCUT2D eigenvalue weighted by molar-refractivity contribution is 7.13. The number of carbonyl (C=O) groups is 1. The Morgan fingerprint density at radius 1 is 1.50 bits per heavy atom. The van der Waals surface area contributed by atoms with Gasteiger partial charge in [-0.2, -0.15) is 0 Å². The summed E-state index contributed by atoms with van der Waals surface area (Å²) in [6.07, 6.45) is 1.47. The third-order valence-electron chi connectivity index (χ3n) is 3.95. The maximum Gasteiger partial charge on any atom is 0.310 e. The molecule has 1 aromatic heterocycles. The minimum absolute atomic E-state index is 0.0355. The van der Waals surface area contributed by atoms with Crippen molar-refractivity contribution < 1.29 is 9.53 Å². The summed E-state index contributed by atoms with van der Waals surface area (Å²) in [7, 11) is 0. The molecule has 0 unspecified atom stereocenters. The minimum atomic E-state index is -0.630. The van der Waals surface area contributed by atoms with Crippen LogP contribution in [-0.4, -0.2) is 11.0 Å². The lowest BCUT2D eigenvalue weighted by Gasteiger charge is -2.19. The van der Waals surface area contributed by atoms with Gasteiger partial charge in [0.25, 0.3) is 0 Å². The number of thiazole rings is 1. The molecule has 0 aliphatic carbocycles. The number of nitrogens with zero attached hydrogens (tertiary/aromatic N) is 1. The average molecular weight is 337 g/mol. The number of cyclic esters (lactones) is 1. The molecule has 0 spiro atoms. The van der Waals surface area contributed by atoms with Crippen LogP contribution in [0.15, 0.2) is 29.6 Å². The van der Waals surface area contributed by atoms with Crippen LogP contribution < -0.4 is 5.32 Å². The highest BCUT2D eigenvalue weighted by atomic mass is 35.5. The van der Waals surface area contributed by atoms with Crippen molar-refractivity contribution in [3.8, 4) is 0 Å². The largest absolute Gasteiger partial charge is 0.453 e. The van der Waals surface area contributed by atoms with E-state index in [-0.39, 0.29) is 11.9 Å². The summed E-state index contributed by atoms with van der Waals surface area (Å²) < 4.78 is 5.58. The van der Waals surface area contributed by atoms with Gasteiger partial charge in [0, 0.05) is 11.8 Å². The number of esters is 1. The van der Waals surface area contributed by atoms with E-state index in [4.69, 9.17) is 16.3 Å². The van der Waals surface area contributed by atoms with Crippen LogP contribution in [0.25, 0.3) is 0 Å². The number of nitrogens with one attached hydrogen (secondary N) is 1. The van der Waals surface area contributed by atoms with Crippen molar-refractivity contribution in [3.05, 3.63) is 40.4 Å². The summed E-state index contributed by atoms with van der Waals surface area (Å²) >= 11 is 7.61. The molecule has 1 aromatic carbocycles. The second-order valence-electron chi connectivity index (χ2n) is 5.60. The first-order valence-corrected chi connectivity index (χ1v) is 8.48. The van der Waals surface area contributed by atoms with Gasteiger partial charge in [-0.25, -0.2) is 4.98 Å². The molecule has 1 aliphatic heterocycles. The van der Waals surface area contributed by atoms with Gasteiger partial charge in [-0.3, -0.25) is 4.79 Å². The fraction of sp³-hybridized carbons (Fsp3) is 0.375. The first kappa shape index (κ1) is 15.3. The van der Waals surface area contributed by atoms with E-state index in [2.05, 4.69) is 10.3 Å². The number of carbonyl (C=O) groups excluding carboxylic acids is 1. The molecule has 1 N–H and O–H groups in total. The monoisotopic (exact) mass is 336 g/mol. The Hall–Kier alpha value is -1.59. The summed E-state index contributed by atoms with van der Waals surface area (Å²) in [5, 5.41) is 6.52. The second-order valence-corrected chi connectivity index (χ2v) is 6.87. The van der Waals surface area contributed by atoms with Crippen LogP contribution in [0.1, 0.15) is 32.4 Å². The van der Waals surface area contributed by atoms with Crippen LogP contribution in [0.3, 0.4) is 0 Å². The van der Waals surface area contributed by atoms with Crippen molar-refractivity contribution in [1.82, 2.24) is 4.98 Å². The topological polar surface area (TPSA) is 51.2 Å². The molecule has 116 valence electrons. The van der Waals surface area contributed by atoms with Gasteiger partial charge in [-0.15, -0.1) is 11.3 Å². The summed E-state index contributed by atoms with van der Waals surface area (Å²) in [5.74, 6) is -0.162. The zero-order valence-electron chi connectivity index (χ0n) is 12.4. The van der Waals surface area contributed by atoms with Crippen LogP contribution in [0, 0.1) is 5.92 Å². The fourth-order valence-corrected chi connectivity index (χ4v) is 3.65. The van der Waals surface area contributed by atoms with Crippen molar-refractivity contribution in [1.29, 1.82) is 0 Å². The van der Waals surface area contributed by atoms with Crippen molar-refractivity contribution in [2.45, 2.75) is 32.3 Å². The zero-order chi connectivity index (χ0) is 15.7. The molecular weight excluding hydrogens is 320 g/mol. The van der Waals surface area contributed by atoms with E-state index >= 15 is 0 Å². The Morgan fingerprint density at radius 3 is 2.95 bits per heavy atom. The lowest BCUT2D eigenvalue weighted by Crippen LogP contribution is -2.21. The van der Waals surface area contributed by atoms with Gasteiger partial charge in [0.2, 0.25) is 0 Å². The first-order chi connectivity index (χ1) is 10.5. The quantitative estimate of drug-likeness (QED) is 0.820. The molecule has 1 aliphatic rings. The van der Waals surface area contributed by atoms with Gasteiger partial charge < -0.3 is 10.1 Å². The molecule has 1 saturated heterocycles. The summed E-state index contributed by atoms with van der Waals surface area (Å²) in [6, 6.07) is 7.51. The van der Waals surface area contributed by atoms with Gasteiger partial charge >= 0.3 is 5.97 Å². The number of benzene rings is 1. The Labute approximate surface area is 138 Å². The van der Waals surface area contributed by atoms with Gasteiger partial charge in [-0.05, 0) is 25.5 Å². The van der Waals surface area contributed by atoms with E-state index < -0.39 is 5.60 Å². The third-order valence-corrected chi connectivity index (χ3v) is 5.04. The first-order valence-electron chi connectivity index (χ1n) is 7.22. The Bertz CT molecular complexity index is 703. The molecule has 3 rings (SSSR count). The Balaban J connectivity index is 1.80. The number of hydrogen-bond acceptors (Lipinski definition) is 5. The van der Waals surface area contributed by atoms with Crippen molar-refractivity contribution >= 4 is 39.7 Å². The fourth-order valence-electron chi connectivity index (χ4n) is 2.62. The van der Waals surface area contributed by atoms with E-state index in [0.717, 1.165) is 22.9 Å². The predicted octanol–water partition coefficient (Wildman–Crippen LogP) is 4.73. The van der Waals surface area contributed by atoms with Crippen LogP contribution in [0.5, 0.6) is 0 Å². The molecular formula is C16H17ClN2O2S. The number of halogens is 1. The van der Waals surface area contributed by atoms with E-state index in [1.165, 1.54) is 11.3 Å². The molecule has 0 saturated carbocycles. The Kier molecular flexibility index (Phi) is 4.10. The number of para-hydroxylation sites is 1. The Morgan fingerprint density at radius 2 is 2.27 bits per heavy atom. The van der Waals surface area contributed by atoms with E-state index in [1.807, 2.05) is 43.5 Å². The van der Waals surface area contributed by atoms with E-state index in [0.29, 0.717) is 11.4 Å². The maximum absolute atomic E-state index is 11.9. The smallest absolute Gasteiger partial charge is 0.310 e. The number of aromatic nitrogens is 1. The van der Waals surface area contributed by atoms with Crippen molar-refractivity contribution in [2.24, 2.45) is 5.92 Å². The van der Waals surface area contributed by atoms with Crippen LogP contribution in [-0.2, 0) is 15.1 Å². The van der Waals surface area contributed by atoms with Crippen LogP contribution >= 0.6 is 22.9 Å². The number of ether oxygens (including phenoxy) is 1. The molecule has 22 heavy (non-hydrogen) atoms. The lowest BCUT2D eigenvalue weighted by molar-refractivity contribution is -0.150. The standard InChI is InChI=1S/C16H17ClN2O2S/c1-3-10-8-16(2,21-14(10)20)13-9-22-15(19-13)18-12-7-5-4-6-11(12)17/h4-7,9-10H,3,8H2,1-2H3,(H,18,19)/t10-,16-/m0/s1. The number of hydrogen-bond donors (Lipinski definition) is 1. The van der Waals surface area contributed by atoms with E-state index in [9.17, 15) is 4.79 Å². The van der Waals surface area contributed by atoms with Crippen LogP contribution in [0.2, 0.25) is 5.02 Å². The molecule has 6 heteroatoms.